The van der Waals surface area contributed by atoms with Crippen LogP contribution < -0.4 is 0 Å². The molecule has 21 heavy (non-hydrogen) atoms. The smallest absolute Gasteiger partial charge is 0.308 e. The van der Waals surface area contributed by atoms with Gasteiger partial charge in [-0.15, -0.1) is 0 Å². The van der Waals surface area contributed by atoms with Gasteiger partial charge in [0.2, 0.25) is 5.91 Å². The zero-order valence-electron chi connectivity index (χ0n) is 12.1. The summed E-state index contributed by atoms with van der Waals surface area (Å²) in [6.45, 7) is 0.710. The molecule has 0 aromatic heterocycles. The van der Waals surface area contributed by atoms with Gasteiger partial charge in [0.1, 0.15) is 0 Å². The molecule has 1 aromatic rings. The van der Waals surface area contributed by atoms with Gasteiger partial charge in [-0.1, -0.05) is 36.8 Å². The maximum atomic E-state index is 12.4. The Bertz CT molecular complexity index is 524. The van der Waals surface area contributed by atoms with Crippen LogP contribution in [0.3, 0.4) is 0 Å². The minimum Gasteiger partial charge on any atom is -0.481 e. The summed E-state index contributed by atoms with van der Waals surface area (Å²) in [4.78, 5) is 25.8. The lowest BCUT2D eigenvalue weighted by Gasteiger charge is -2.43. The monoisotopic (exact) mass is 287 g/mol. The van der Waals surface area contributed by atoms with Crippen molar-refractivity contribution in [2.75, 3.05) is 6.54 Å². The number of nitrogens with zero attached hydrogens (tertiary/aromatic N) is 1. The molecule has 2 fully saturated rings. The van der Waals surface area contributed by atoms with Crippen molar-refractivity contribution in [1.82, 2.24) is 4.90 Å². The first-order chi connectivity index (χ1) is 10.2. The molecule has 0 bridgehead atoms. The molecule has 4 heteroatoms. The van der Waals surface area contributed by atoms with Crippen LogP contribution in [-0.4, -0.2) is 28.4 Å². The van der Waals surface area contributed by atoms with E-state index in [0.29, 0.717) is 25.3 Å². The van der Waals surface area contributed by atoms with E-state index in [1.54, 1.807) is 0 Å². The second-order valence-corrected chi connectivity index (χ2v) is 6.18. The minimum atomic E-state index is -0.796. The van der Waals surface area contributed by atoms with Crippen LogP contribution >= 0.6 is 0 Å². The van der Waals surface area contributed by atoms with Gasteiger partial charge in [-0.25, -0.2) is 0 Å². The van der Waals surface area contributed by atoms with Gasteiger partial charge in [0, 0.05) is 13.0 Å². The quantitative estimate of drug-likeness (QED) is 0.926. The molecule has 0 radical (unpaired) electrons. The predicted molar refractivity (Wildman–Crippen MR) is 78.6 cm³/mol. The number of amides is 1. The van der Waals surface area contributed by atoms with Crippen LogP contribution in [-0.2, 0) is 9.59 Å². The molecule has 1 saturated heterocycles. The van der Waals surface area contributed by atoms with E-state index in [2.05, 4.69) is 0 Å². The highest BCUT2D eigenvalue weighted by Crippen LogP contribution is 2.39. The van der Waals surface area contributed by atoms with Crippen molar-refractivity contribution in [1.29, 1.82) is 0 Å². The fourth-order valence-corrected chi connectivity index (χ4v) is 3.44. The summed E-state index contributed by atoms with van der Waals surface area (Å²) < 4.78 is 0. The fraction of sp³-hybridized carbons (Fsp3) is 0.529. The van der Waals surface area contributed by atoms with Crippen molar-refractivity contribution in [3.8, 4) is 0 Å². The first-order valence-corrected chi connectivity index (χ1v) is 7.74. The number of piperidine rings is 1. The fourth-order valence-electron chi connectivity index (χ4n) is 3.44. The van der Waals surface area contributed by atoms with Gasteiger partial charge in [0.15, 0.2) is 0 Å². The van der Waals surface area contributed by atoms with Crippen molar-refractivity contribution in [3.05, 3.63) is 35.9 Å². The summed E-state index contributed by atoms with van der Waals surface area (Å²) in [6.07, 6.45) is 4.33. The zero-order chi connectivity index (χ0) is 14.8. The lowest BCUT2D eigenvalue weighted by molar-refractivity contribution is -0.153. The summed E-state index contributed by atoms with van der Waals surface area (Å²) in [5.41, 5.74) is 0.942. The highest BCUT2D eigenvalue weighted by molar-refractivity contribution is 5.81. The number of benzene rings is 1. The maximum absolute atomic E-state index is 12.4. The molecule has 1 aliphatic heterocycles. The van der Waals surface area contributed by atoms with Crippen molar-refractivity contribution in [3.63, 3.8) is 0 Å². The van der Waals surface area contributed by atoms with Crippen molar-refractivity contribution >= 4 is 11.9 Å². The Morgan fingerprint density at radius 2 is 1.90 bits per heavy atom. The Morgan fingerprint density at radius 1 is 1.19 bits per heavy atom. The topological polar surface area (TPSA) is 57.6 Å². The number of aliphatic carboxylic acids is 1. The van der Waals surface area contributed by atoms with Gasteiger partial charge in [-0.3, -0.25) is 9.59 Å². The Balaban J connectivity index is 1.91. The summed E-state index contributed by atoms with van der Waals surface area (Å²) in [5.74, 6) is -0.638. The lowest BCUT2D eigenvalue weighted by atomic mass is 9.80. The van der Waals surface area contributed by atoms with E-state index in [4.69, 9.17) is 0 Å². The largest absolute Gasteiger partial charge is 0.481 e. The second-order valence-electron chi connectivity index (χ2n) is 6.18. The summed E-state index contributed by atoms with van der Waals surface area (Å²) in [5, 5.41) is 9.54. The van der Waals surface area contributed by atoms with E-state index >= 15 is 0 Å². The molecule has 0 unspecified atom stereocenters. The number of carboxylic acid groups (broad SMARTS) is 1. The summed E-state index contributed by atoms with van der Waals surface area (Å²) >= 11 is 0. The number of carboxylic acids is 1. The van der Waals surface area contributed by atoms with Crippen LogP contribution in [0.25, 0.3) is 0 Å². The molecule has 0 spiro atoms. The van der Waals surface area contributed by atoms with Crippen LogP contribution in [0.5, 0.6) is 0 Å². The maximum Gasteiger partial charge on any atom is 0.308 e. The van der Waals surface area contributed by atoms with E-state index in [9.17, 15) is 14.7 Å². The number of rotatable bonds is 4. The van der Waals surface area contributed by atoms with E-state index in [1.165, 1.54) is 6.42 Å². The first kappa shape index (κ1) is 14.1. The molecule has 4 nitrogen and oxygen atoms in total. The Morgan fingerprint density at radius 3 is 2.48 bits per heavy atom. The van der Waals surface area contributed by atoms with E-state index in [-0.39, 0.29) is 11.9 Å². The van der Waals surface area contributed by atoms with Crippen LogP contribution in [0.2, 0.25) is 0 Å². The molecule has 2 atom stereocenters. The summed E-state index contributed by atoms with van der Waals surface area (Å²) in [7, 11) is 0. The molecular formula is C17H21NO3. The number of carbonyl (C=O) groups excluding carboxylic acids is 1. The van der Waals surface area contributed by atoms with Crippen molar-refractivity contribution in [2.45, 2.75) is 38.1 Å². The second kappa shape index (κ2) is 5.88. The third kappa shape index (κ3) is 2.80. The molecular weight excluding hydrogens is 266 g/mol. The molecule has 1 aliphatic carbocycles. The number of hydrogen-bond donors (Lipinski definition) is 1. The Labute approximate surface area is 124 Å². The molecule has 1 amide bonds. The lowest BCUT2D eigenvalue weighted by Crippen LogP contribution is -2.47. The number of carbonyl (C=O) groups is 2. The van der Waals surface area contributed by atoms with Gasteiger partial charge in [-0.2, -0.15) is 0 Å². The van der Waals surface area contributed by atoms with Crippen LogP contribution in [0.15, 0.2) is 30.3 Å². The molecule has 1 aromatic carbocycles. The molecule has 3 rings (SSSR count). The minimum absolute atomic E-state index is 0.105. The van der Waals surface area contributed by atoms with Crippen LogP contribution in [0, 0.1) is 11.8 Å². The molecule has 2 aliphatic rings. The highest BCUT2D eigenvalue weighted by Gasteiger charge is 2.41. The molecule has 1 saturated carbocycles. The average Bonchev–Trinajstić information content (AvgIpc) is 2.44. The third-order valence-electron chi connectivity index (χ3n) is 4.84. The Kier molecular flexibility index (Phi) is 3.95. The third-order valence-corrected chi connectivity index (χ3v) is 4.84. The normalized spacial score (nSPS) is 26.5. The van der Waals surface area contributed by atoms with E-state index < -0.39 is 11.9 Å². The molecule has 1 N–H and O–H groups in total. The van der Waals surface area contributed by atoms with Crippen LogP contribution in [0.1, 0.15) is 43.7 Å². The predicted octanol–water partition coefficient (Wildman–Crippen LogP) is 2.85. The van der Waals surface area contributed by atoms with Crippen molar-refractivity contribution in [2.24, 2.45) is 11.8 Å². The number of likely N-dealkylation sites (tertiary alicyclic amines) is 1. The van der Waals surface area contributed by atoms with E-state index in [1.807, 2.05) is 35.2 Å². The van der Waals surface area contributed by atoms with Gasteiger partial charge < -0.3 is 10.0 Å². The van der Waals surface area contributed by atoms with E-state index in [0.717, 1.165) is 18.4 Å². The molecule has 1 heterocycles. The molecule has 112 valence electrons. The summed E-state index contributed by atoms with van der Waals surface area (Å²) in [6, 6.07) is 9.30. The standard InChI is InChI=1S/C17H21NO3/c19-15-10-9-14(17(20)21)16(13-7-2-1-3-8-13)18(15)11-12-5-4-6-12/h1-3,7-8,12,14,16H,4-6,9-11H2,(H,20,21)/t14-,16+/m0/s1. The zero-order valence-corrected chi connectivity index (χ0v) is 12.1. The number of hydrogen-bond acceptors (Lipinski definition) is 2. The van der Waals surface area contributed by atoms with Gasteiger partial charge in [-0.05, 0) is 30.7 Å². The van der Waals surface area contributed by atoms with Gasteiger partial charge >= 0.3 is 5.97 Å². The van der Waals surface area contributed by atoms with Gasteiger partial charge in [0.05, 0.1) is 12.0 Å². The highest BCUT2D eigenvalue weighted by atomic mass is 16.4. The van der Waals surface area contributed by atoms with Crippen LogP contribution in [0.4, 0.5) is 0 Å². The Hall–Kier alpha value is -1.84. The first-order valence-electron chi connectivity index (χ1n) is 7.74. The SMILES string of the molecule is O=C(O)[C@H]1CCC(=O)N(CC2CCC2)[C@@H]1c1ccccc1. The van der Waals surface area contributed by atoms with Gasteiger partial charge in [0.25, 0.3) is 0 Å². The average molecular weight is 287 g/mol. The van der Waals surface area contributed by atoms with Crippen molar-refractivity contribution < 1.29 is 14.7 Å².